The number of rotatable bonds is 8. The molecule has 272 valence electrons. The Bertz CT molecular complexity index is 1320. The molecule has 2 fully saturated rings. The molecule has 10 nitrogen and oxygen atoms in total. The number of fused-ring (bicyclic) bond motifs is 1. The summed E-state index contributed by atoms with van der Waals surface area (Å²) < 4.78 is 10.5. The van der Waals surface area contributed by atoms with Gasteiger partial charge in [-0.1, -0.05) is 49.7 Å². The third-order valence-corrected chi connectivity index (χ3v) is 9.25. The molecule has 0 spiro atoms. The topological polar surface area (TPSA) is 112 Å². The summed E-state index contributed by atoms with van der Waals surface area (Å²) in [6.45, 7) is 17.8. The molecular weight excluding hydrogens is 620 g/mol. The highest BCUT2D eigenvalue weighted by Gasteiger charge is 2.30. The van der Waals surface area contributed by atoms with Crippen LogP contribution in [0.4, 0.5) is 15.3 Å². The zero-order valence-electron chi connectivity index (χ0n) is 30.8. The van der Waals surface area contributed by atoms with Gasteiger partial charge in [0.15, 0.2) is 12.4 Å². The fourth-order valence-electron chi connectivity index (χ4n) is 6.80. The average molecular weight is 681 g/mol. The molecule has 3 amide bonds. The van der Waals surface area contributed by atoms with Crippen molar-refractivity contribution in [1.29, 1.82) is 0 Å². The Morgan fingerprint density at radius 2 is 1.67 bits per heavy atom. The molecule has 0 bridgehead atoms. The van der Waals surface area contributed by atoms with Crippen LogP contribution in [-0.4, -0.2) is 102 Å². The third kappa shape index (κ3) is 13.0. The van der Waals surface area contributed by atoms with Crippen molar-refractivity contribution in [2.24, 2.45) is 0 Å². The standard InChI is InChI=1S/C19H25N3O4.C11H23NO.C9H12O/c1-14(23)13-26-19(25)21-10-4-6-16(9-11-21)22-12-8-15-5-2-3-7-17(15)20-18(22)24;1-3-7-12(8-4-2)11-6-5-9-13-10-11;1-6-4-7(2)9(10)8(3)5-6/h2-3,5,7,16H,4,6,8-13H2,1H3,(H,20,24);11H,3-10H2,1-2H3;4-5,10H,1-3H3. The van der Waals surface area contributed by atoms with E-state index in [4.69, 9.17) is 9.47 Å². The average Bonchev–Trinajstić information content (AvgIpc) is 3.43. The van der Waals surface area contributed by atoms with Gasteiger partial charge in [0, 0.05) is 44.0 Å². The summed E-state index contributed by atoms with van der Waals surface area (Å²) in [6.07, 6.45) is 7.82. The molecule has 2 N–H and O–H groups in total. The van der Waals surface area contributed by atoms with Crippen LogP contribution in [0.5, 0.6) is 5.75 Å². The highest BCUT2D eigenvalue weighted by Crippen LogP contribution is 2.25. The van der Waals surface area contributed by atoms with Gasteiger partial charge in [0.05, 0.1) is 6.61 Å². The minimum absolute atomic E-state index is 0.0763. The molecule has 2 atom stereocenters. The highest BCUT2D eigenvalue weighted by atomic mass is 16.6. The van der Waals surface area contributed by atoms with Crippen molar-refractivity contribution in [3.05, 3.63) is 58.7 Å². The number of phenols is 1. The number of nitrogens with one attached hydrogen (secondary N) is 1. The van der Waals surface area contributed by atoms with Gasteiger partial charge in [0.1, 0.15) is 5.75 Å². The van der Waals surface area contributed by atoms with E-state index in [-0.39, 0.29) is 24.5 Å². The maximum atomic E-state index is 12.7. The van der Waals surface area contributed by atoms with Crippen molar-refractivity contribution in [1.82, 2.24) is 14.7 Å². The van der Waals surface area contributed by atoms with E-state index in [9.17, 15) is 19.5 Å². The summed E-state index contributed by atoms with van der Waals surface area (Å²) >= 11 is 0. The molecule has 10 heteroatoms. The normalized spacial score (nSPS) is 19.2. The Kier molecular flexibility index (Phi) is 16.9. The van der Waals surface area contributed by atoms with Crippen LogP contribution in [0.1, 0.15) is 88.0 Å². The van der Waals surface area contributed by atoms with E-state index in [1.165, 1.54) is 51.3 Å². The van der Waals surface area contributed by atoms with Crippen LogP contribution in [0, 0.1) is 20.8 Å². The Labute approximate surface area is 294 Å². The monoisotopic (exact) mass is 680 g/mol. The van der Waals surface area contributed by atoms with Crippen LogP contribution in [0.25, 0.3) is 0 Å². The number of nitrogens with zero attached hydrogens (tertiary/aromatic N) is 3. The molecule has 0 saturated carbocycles. The van der Waals surface area contributed by atoms with Gasteiger partial charge >= 0.3 is 12.1 Å². The fourth-order valence-corrected chi connectivity index (χ4v) is 6.80. The number of amides is 3. The number of ketones is 1. The predicted octanol–water partition coefficient (Wildman–Crippen LogP) is 7.26. The number of likely N-dealkylation sites (tertiary alicyclic amines) is 1. The van der Waals surface area contributed by atoms with Gasteiger partial charge in [-0.05, 0) is 115 Å². The van der Waals surface area contributed by atoms with E-state index >= 15 is 0 Å². The van der Waals surface area contributed by atoms with E-state index in [2.05, 4.69) is 24.1 Å². The number of carbonyl (C=O) groups is 3. The zero-order chi connectivity index (χ0) is 35.8. The van der Waals surface area contributed by atoms with Crippen molar-refractivity contribution in [3.8, 4) is 5.75 Å². The first-order chi connectivity index (χ1) is 23.5. The number of aromatic hydroxyl groups is 1. The van der Waals surface area contributed by atoms with Crippen molar-refractivity contribution in [2.75, 3.05) is 57.9 Å². The van der Waals surface area contributed by atoms with Gasteiger partial charge in [-0.25, -0.2) is 9.59 Å². The third-order valence-electron chi connectivity index (χ3n) is 9.25. The van der Waals surface area contributed by atoms with E-state index in [1.54, 1.807) is 4.90 Å². The lowest BCUT2D eigenvalue weighted by atomic mass is 10.1. The SMILES string of the molecule is CC(=O)COC(=O)N1CCCC(N2CCc3ccccc3NC2=O)CC1.CCCN(CCC)C1CCCOC1.Cc1cc(C)c(O)c(C)c1. The van der Waals surface area contributed by atoms with Crippen molar-refractivity contribution < 1.29 is 29.0 Å². The smallest absolute Gasteiger partial charge is 0.410 e. The Morgan fingerprint density at radius 1 is 0.980 bits per heavy atom. The second kappa shape index (κ2) is 20.8. The molecule has 2 aromatic rings. The van der Waals surface area contributed by atoms with Gasteiger partial charge in [-0.3, -0.25) is 9.69 Å². The number of carbonyl (C=O) groups excluding carboxylic acids is 3. The predicted molar refractivity (Wildman–Crippen MR) is 195 cm³/mol. The lowest BCUT2D eigenvalue weighted by Crippen LogP contribution is -2.43. The number of ether oxygens (including phenoxy) is 2. The summed E-state index contributed by atoms with van der Waals surface area (Å²) in [5, 5.41) is 12.3. The maximum absolute atomic E-state index is 12.7. The number of anilines is 1. The quantitative estimate of drug-likeness (QED) is 0.302. The largest absolute Gasteiger partial charge is 0.507 e. The summed E-state index contributed by atoms with van der Waals surface area (Å²) in [7, 11) is 0. The molecule has 3 aliphatic rings. The van der Waals surface area contributed by atoms with Crippen molar-refractivity contribution in [3.63, 3.8) is 0 Å². The second-order valence-electron chi connectivity index (χ2n) is 13.5. The molecule has 5 rings (SSSR count). The number of aryl methyl sites for hydroxylation is 3. The second-order valence-corrected chi connectivity index (χ2v) is 13.5. The van der Waals surface area contributed by atoms with E-state index in [1.807, 2.05) is 62.1 Å². The van der Waals surface area contributed by atoms with Crippen molar-refractivity contribution >= 4 is 23.6 Å². The molecule has 2 aromatic carbocycles. The number of hydrogen-bond acceptors (Lipinski definition) is 7. The van der Waals surface area contributed by atoms with Crippen LogP contribution in [0.2, 0.25) is 0 Å². The van der Waals surface area contributed by atoms with Gasteiger partial charge in [-0.15, -0.1) is 0 Å². The van der Waals surface area contributed by atoms with E-state index < -0.39 is 6.09 Å². The zero-order valence-corrected chi connectivity index (χ0v) is 30.8. The molecule has 0 aliphatic carbocycles. The molecular formula is C39H60N4O6. The van der Waals surface area contributed by atoms with Crippen LogP contribution in [0.15, 0.2) is 36.4 Å². The van der Waals surface area contributed by atoms with Gasteiger partial charge in [-0.2, -0.15) is 0 Å². The number of Topliss-reactive ketones (excluding diaryl/α,β-unsaturated/α-hetero) is 1. The molecule has 2 unspecified atom stereocenters. The fraction of sp³-hybridized carbons (Fsp3) is 0.615. The lowest BCUT2D eigenvalue weighted by molar-refractivity contribution is -0.120. The lowest BCUT2D eigenvalue weighted by Gasteiger charge is -2.33. The van der Waals surface area contributed by atoms with Crippen LogP contribution in [0.3, 0.4) is 0 Å². The Balaban J connectivity index is 0.000000234. The van der Waals surface area contributed by atoms with Crippen LogP contribution >= 0.6 is 0 Å². The molecule has 3 aliphatic heterocycles. The summed E-state index contributed by atoms with van der Waals surface area (Å²) in [5.74, 6) is 0.248. The molecule has 2 saturated heterocycles. The summed E-state index contributed by atoms with van der Waals surface area (Å²) in [4.78, 5) is 41.8. The van der Waals surface area contributed by atoms with E-state index in [0.29, 0.717) is 37.8 Å². The number of hydrogen-bond donors (Lipinski definition) is 2. The number of urea groups is 1. The van der Waals surface area contributed by atoms with Crippen LogP contribution < -0.4 is 5.32 Å². The number of para-hydroxylation sites is 1. The van der Waals surface area contributed by atoms with Crippen molar-refractivity contribution in [2.45, 2.75) is 105 Å². The minimum atomic E-state index is -0.450. The Morgan fingerprint density at radius 3 is 2.31 bits per heavy atom. The van der Waals surface area contributed by atoms with Gasteiger partial charge in [0.2, 0.25) is 0 Å². The number of benzene rings is 2. The number of phenolic OH excluding ortho intramolecular Hbond substituents is 1. The molecule has 0 radical (unpaired) electrons. The van der Waals surface area contributed by atoms with Gasteiger partial charge in [0.25, 0.3) is 0 Å². The molecule has 0 aromatic heterocycles. The highest BCUT2D eigenvalue weighted by molar-refractivity contribution is 5.91. The summed E-state index contributed by atoms with van der Waals surface area (Å²) in [5.41, 5.74) is 5.14. The first-order valence-corrected chi connectivity index (χ1v) is 18.2. The van der Waals surface area contributed by atoms with E-state index in [0.717, 1.165) is 54.9 Å². The minimum Gasteiger partial charge on any atom is -0.507 e. The molecule has 49 heavy (non-hydrogen) atoms. The first-order valence-electron chi connectivity index (χ1n) is 18.2. The van der Waals surface area contributed by atoms with Crippen LogP contribution in [-0.2, 0) is 20.7 Å². The van der Waals surface area contributed by atoms with Gasteiger partial charge < -0.3 is 29.7 Å². The maximum Gasteiger partial charge on any atom is 0.410 e. The Hall–Kier alpha value is -3.63. The first kappa shape index (κ1) is 39.8. The summed E-state index contributed by atoms with van der Waals surface area (Å²) in [6, 6.07) is 12.5. The molecule has 3 heterocycles.